The van der Waals surface area contributed by atoms with Gasteiger partial charge in [0.05, 0.1) is 17.1 Å². The zero-order valence-electron chi connectivity index (χ0n) is 18.3. The number of hydrogen-bond acceptors (Lipinski definition) is 6. The predicted molar refractivity (Wildman–Crippen MR) is 121 cm³/mol. The molecule has 2 amide bonds. The van der Waals surface area contributed by atoms with Crippen LogP contribution in [0, 0.1) is 0 Å². The SMILES string of the molecule is CCOC(=O)CN1C(=O)S/C(=C/c2ccc3c(c2)C(C)=CC(C)(C)N3C(C)C)C1=O. The Morgan fingerprint density at radius 1 is 1.27 bits per heavy atom. The lowest BCUT2D eigenvalue weighted by molar-refractivity contribution is -0.145. The van der Waals surface area contributed by atoms with Crippen molar-refractivity contribution in [1.29, 1.82) is 0 Å². The van der Waals surface area contributed by atoms with Crippen LogP contribution in [0.2, 0.25) is 0 Å². The van der Waals surface area contributed by atoms with Crippen molar-refractivity contribution in [3.05, 3.63) is 40.3 Å². The number of fused-ring (bicyclic) bond motifs is 1. The quantitative estimate of drug-likeness (QED) is 0.500. The van der Waals surface area contributed by atoms with E-state index in [-0.39, 0.29) is 18.7 Å². The lowest BCUT2D eigenvalue weighted by Gasteiger charge is -2.46. The Kier molecular flexibility index (Phi) is 6.13. The predicted octanol–water partition coefficient (Wildman–Crippen LogP) is 4.70. The van der Waals surface area contributed by atoms with Crippen molar-refractivity contribution in [3.8, 4) is 0 Å². The number of carbonyl (C=O) groups excluding carboxylic acids is 3. The van der Waals surface area contributed by atoms with E-state index in [1.54, 1.807) is 13.0 Å². The molecule has 0 spiro atoms. The normalized spacial score (nSPS) is 19.4. The first-order chi connectivity index (χ1) is 14.0. The fourth-order valence-corrected chi connectivity index (χ4v) is 5.06. The maximum Gasteiger partial charge on any atom is 0.326 e. The first-order valence-corrected chi connectivity index (χ1v) is 10.9. The molecule has 6 nitrogen and oxygen atoms in total. The van der Waals surface area contributed by atoms with Crippen molar-refractivity contribution in [3.63, 3.8) is 0 Å². The van der Waals surface area contributed by atoms with E-state index < -0.39 is 17.1 Å². The zero-order chi connectivity index (χ0) is 22.2. The molecule has 0 aliphatic carbocycles. The van der Waals surface area contributed by atoms with Gasteiger partial charge in [-0.1, -0.05) is 12.1 Å². The number of esters is 1. The number of hydrogen-bond donors (Lipinski definition) is 0. The number of benzene rings is 1. The summed E-state index contributed by atoms with van der Waals surface area (Å²) in [5.74, 6) is -1.06. The van der Waals surface area contributed by atoms with Crippen LogP contribution in [0.5, 0.6) is 0 Å². The van der Waals surface area contributed by atoms with Gasteiger partial charge >= 0.3 is 5.97 Å². The summed E-state index contributed by atoms with van der Waals surface area (Å²) in [5, 5.41) is -0.457. The number of ether oxygens (including phenoxy) is 1. The van der Waals surface area contributed by atoms with Crippen molar-refractivity contribution in [2.45, 2.75) is 53.1 Å². The van der Waals surface area contributed by atoms with E-state index >= 15 is 0 Å². The molecule has 0 radical (unpaired) electrons. The third-order valence-corrected chi connectivity index (χ3v) is 6.08. The average Bonchev–Trinajstić information content (AvgIpc) is 2.89. The first kappa shape index (κ1) is 22.2. The van der Waals surface area contributed by atoms with Crippen LogP contribution in [0.15, 0.2) is 29.2 Å². The van der Waals surface area contributed by atoms with E-state index in [1.807, 2.05) is 12.1 Å². The maximum absolute atomic E-state index is 12.6. The van der Waals surface area contributed by atoms with Gasteiger partial charge in [0.1, 0.15) is 6.54 Å². The molecule has 160 valence electrons. The Balaban J connectivity index is 1.91. The molecule has 0 saturated carbocycles. The molecule has 1 aromatic rings. The Labute approximate surface area is 181 Å². The number of allylic oxidation sites excluding steroid dienone is 1. The highest BCUT2D eigenvalue weighted by Crippen LogP contribution is 2.41. The molecule has 30 heavy (non-hydrogen) atoms. The number of amides is 2. The van der Waals surface area contributed by atoms with Crippen LogP contribution < -0.4 is 4.90 Å². The highest BCUT2D eigenvalue weighted by molar-refractivity contribution is 8.18. The van der Waals surface area contributed by atoms with E-state index in [0.717, 1.165) is 33.5 Å². The molecule has 2 aliphatic heterocycles. The summed E-state index contributed by atoms with van der Waals surface area (Å²) < 4.78 is 4.85. The Hall–Kier alpha value is -2.54. The van der Waals surface area contributed by atoms with Gasteiger partial charge in [-0.2, -0.15) is 0 Å². The van der Waals surface area contributed by atoms with E-state index in [9.17, 15) is 14.4 Å². The summed E-state index contributed by atoms with van der Waals surface area (Å²) in [6.45, 7) is 12.4. The molecule has 0 aromatic heterocycles. The van der Waals surface area contributed by atoms with Crippen molar-refractivity contribution in [2.24, 2.45) is 0 Å². The van der Waals surface area contributed by atoms with Gasteiger partial charge in [-0.3, -0.25) is 19.3 Å². The topological polar surface area (TPSA) is 66.9 Å². The van der Waals surface area contributed by atoms with Gasteiger partial charge < -0.3 is 9.64 Å². The van der Waals surface area contributed by atoms with Crippen molar-refractivity contribution < 1.29 is 19.1 Å². The largest absolute Gasteiger partial charge is 0.465 e. The number of rotatable bonds is 5. The van der Waals surface area contributed by atoms with Gasteiger partial charge in [-0.05, 0) is 82.6 Å². The van der Waals surface area contributed by atoms with E-state index in [2.05, 4.69) is 51.7 Å². The third kappa shape index (κ3) is 4.17. The average molecular weight is 429 g/mol. The summed E-state index contributed by atoms with van der Waals surface area (Å²) in [7, 11) is 0. The Bertz CT molecular complexity index is 962. The maximum atomic E-state index is 12.6. The summed E-state index contributed by atoms with van der Waals surface area (Å²) in [4.78, 5) is 40.1. The van der Waals surface area contributed by atoms with Gasteiger partial charge in [0.15, 0.2) is 0 Å². The molecule has 1 saturated heterocycles. The number of carbonyl (C=O) groups is 3. The molecule has 0 N–H and O–H groups in total. The number of thioether (sulfide) groups is 1. The lowest BCUT2D eigenvalue weighted by atomic mass is 9.87. The molecule has 1 aromatic carbocycles. The first-order valence-electron chi connectivity index (χ1n) is 10.1. The van der Waals surface area contributed by atoms with Gasteiger partial charge in [-0.15, -0.1) is 0 Å². The van der Waals surface area contributed by atoms with Crippen molar-refractivity contribution in [2.75, 3.05) is 18.1 Å². The van der Waals surface area contributed by atoms with Crippen LogP contribution >= 0.6 is 11.8 Å². The highest BCUT2D eigenvalue weighted by Gasteiger charge is 2.37. The standard InChI is InChI=1S/C23H28N2O4S/c1-7-29-20(26)13-24-21(27)19(30-22(24)28)11-16-8-9-18-17(10-16)15(4)12-23(5,6)25(18)14(2)3/h8-12,14H,7,13H2,1-6H3/b19-11+. The molecule has 7 heteroatoms. The van der Waals surface area contributed by atoms with Crippen LogP contribution in [0.4, 0.5) is 10.5 Å². The Morgan fingerprint density at radius 3 is 2.60 bits per heavy atom. The van der Waals surface area contributed by atoms with Crippen LogP contribution in [0.25, 0.3) is 11.6 Å². The zero-order valence-corrected chi connectivity index (χ0v) is 19.1. The number of anilines is 1. The van der Waals surface area contributed by atoms with E-state index in [4.69, 9.17) is 4.74 Å². The molecular weight excluding hydrogens is 400 g/mol. The van der Waals surface area contributed by atoms with Crippen LogP contribution in [0.1, 0.15) is 52.7 Å². The second kappa shape index (κ2) is 8.30. The minimum absolute atomic E-state index is 0.0947. The van der Waals surface area contributed by atoms with Crippen molar-refractivity contribution >= 4 is 46.2 Å². The molecule has 2 heterocycles. The fraction of sp³-hybridized carbons (Fsp3) is 0.435. The molecule has 0 atom stereocenters. The van der Waals surface area contributed by atoms with Crippen LogP contribution in [-0.2, 0) is 14.3 Å². The van der Waals surface area contributed by atoms with Crippen molar-refractivity contribution in [1.82, 2.24) is 4.90 Å². The number of nitrogens with zero attached hydrogens (tertiary/aromatic N) is 2. The smallest absolute Gasteiger partial charge is 0.326 e. The summed E-state index contributed by atoms with van der Waals surface area (Å²) in [6, 6.07) is 6.41. The van der Waals surface area contributed by atoms with Gasteiger partial charge in [0, 0.05) is 17.3 Å². The molecule has 2 aliphatic rings. The summed E-state index contributed by atoms with van der Waals surface area (Å²) in [6.07, 6.45) is 3.97. The third-order valence-electron chi connectivity index (χ3n) is 5.18. The van der Waals surface area contributed by atoms with E-state index in [1.165, 1.54) is 5.57 Å². The molecular formula is C23H28N2O4S. The van der Waals surface area contributed by atoms with Crippen LogP contribution in [-0.4, -0.2) is 46.7 Å². The van der Waals surface area contributed by atoms with Gasteiger partial charge in [0.2, 0.25) is 0 Å². The Morgan fingerprint density at radius 2 is 1.97 bits per heavy atom. The summed E-state index contributed by atoms with van der Waals surface area (Å²) in [5.41, 5.74) is 4.19. The molecule has 0 unspecified atom stereocenters. The number of imide groups is 1. The summed E-state index contributed by atoms with van der Waals surface area (Å²) >= 11 is 0.846. The second-order valence-corrected chi connectivity index (χ2v) is 9.29. The minimum atomic E-state index is -0.591. The minimum Gasteiger partial charge on any atom is -0.465 e. The second-order valence-electron chi connectivity index (χ2n) is 8.29. The van der Waals surface area contributed by atoms with E-state index in [0.29, 0.717) is 10.9 Å². The fourth-order valence-electron chi connectivity index (χ4n) is 4.22. The molecule has 1 fully saturated rings. The molecule has 3 rings (SSSR count). The highest BCUT2D eigenvalue weighted by atomic mass is 32.2. The van der Waals surface area contributed by atoms with Crippen LogP contribution in [0.3, 0.4) is 0 Å². The molecule has 0 bridgehead atoms. The monoisotopic (exact) mass is 428 g/mol. The van der Waals surface area contributed by atoms with Gasteiger partial charge in [0.25, 0.3) is 11.1 Å². The lowest BCUT2D eigenvalue weighted by Crippen LogP contribution is -2.49. The van der Waals surface area contributed by atoms with Gasteiger partial charge in [-0.25, -0.2) is 0 Å².